The molecule has 4 nitrogen and oxygen atoms in total. The van der Waals surface area contributed by atoms with Gasteiger partial charge in [-0.2, -0.15) is 0 Å². The number of allylic oxidation sites excluding steroid dienone is 10. The van der Waals surface area contributed by atoms with Gasteiger partial charge in [-0.05, 0) is 57.8 Å². The summed E-state index contributed by atoms with van der Waals surface area (Å²) in [4.78, 5) is 12.2. The molecule has 1 unspecified atom stereocenters. The number of hydrogen-bond donors (Lipinski definition) is 1. The van der Waals surface area contributed by atoms with Gasteiger partial charge in [-0.1, -0.05) is 184 Å². The summed E-state index contributed by atoms with van der Waals surface area (Å²) in [5, 5.41) is 9.58. The first-order valence-corrected chi connectivity index (χ1v) is 20.4. The van der Waals surface area contributed by atoms with E-state index in [2.05, 4.69) is 74.6 Å². The Kier molecular flexibility index (Phi) is 39.6. The van der Waals surface area contributed by atoms with Crippen molar-refractivity contribution in [2.24, 2.45) is 0 Å². The minimum absolute atomic E-state index is 0.178. The highest BCUT2D eigenvalue weighted by Crippen LogP contribution is 2.14. The van der Waals surface area contributed by atoms with Gasteiger partial charge in [0.1, 0.15) is 6.10 Å². The highest BCUT2D eigenvalue weighted by molar-refractivity contribution is 5.69. The molecular weight excluding hydrogens is 592 g/mol. The van der Waals surface area contributed by atoms with Crippen LogP contribution in [0, 0.1) is 0 Å². The average Bonchev–Trinajstić information content (AvgIpc) is 3.09. The molecule has 0 spiro atoms. The van der Waals surface area contributed by atoms with Crippen molar-refractivity contribution in [3.05, 3.63) is 60.8 Å². The van der Waals surface area contributed by atoms with Crippen molar-refractivity contribution in [3.8, 4) is 0 Å². The van der Waals surface area contributed by atoms with Crippen molar-refractivity contribution in [2.75, 3.05) is 19.8 Å². The van der Waals surface area contributed by atoms with Crippen LogP contribution in [0.3, 0.4) is 0 Å². The maximum atomic E-state index is 12.2. The first-order valence-electron chi connectivity index (χ1n) is 20.4. The van der Waals surface area contributed by atoms with E-state index in [0.29, 0.717) is 13.0 Å². The van der Waals surface area contributed by atoms with Gasteiger partial charge in [0.05, 0.1) is 13.2 Å². The van der Waals surface area contributed by atoms with Crippen molar-refractivity contribution in [1.82, 2.24) is 0 Å². The number of carbonyl (C=O) groups is 1. The van der Waals surface area contributed by atoms with E-state index in [4.69, 9.17) is 9.47 Å². The molecule has 0 heterocycles. The average molecular weight is 671 g/mol. The number of esters is 1. The van der Waals surface area contributed by atoms with Crippen LogP contribution in [-0.2, 0) is 14.3 Å². The van der Waals surface area contributed by atoms with Gasteiger partial charge in [-0.25, -0.2) is 0 Å². The van der Waals surface area contributed by atoms with E-state index in [9.17, 15) is 9.90 Å². The van der Waals surface area contributed by atoms with E-state index in [1.807, 2.05) is 0 Å². The van der Waals surface area contributed by atoms with Gasteiger partial charge in [0.25, 0.3) is 0 Å². The van der Waals surface area contributed by atoms with Crippen LogP contribution in [0.25, 0.3) is 0 Å². The van der Waals surface area contributed by atoms with Gasteiger partial charge in [0.15, 0.2) is 0 Å². The Hall–Kier alpha value is -1.91. The lowest BCUT2D eigenvalue weighted by atomic mass is 10.0. The van der Waals surface area contributed by atoms with Gasteiger partial charge in [-0.3, -0.25) is 4.79 Å². The molecule has 0 radical (unpaired) electrons. The molecule has 0 aromatic rings. The molecule has 48 heavy (non-hydrogen) atoms. The zero-order valence-electron chi connectivity index (χ0n) is 31.7. The molecule has 1 N–H and O–H groups in total. The van der Waals surface area contributed by atoms with Crippen molar-refractivity contribution in [1.29, 1.82) is 0 Å². The van der Waals surface area contributed by atoms with Gasteiger partial charge in [0, 0.05) is 13.0 Å². The molecular formula is C44H78O4. The van der Waals surface area contributed by atoms with Crippen molar-refractivity contribution in [2.45, 2.75) is 193 Å². The number of unbranched alkanes of at least 4 members (excludes halogenated alkanes) is 19. The molecule has 0 aromatic carbocycles. The predicted octanol–water partition coefficient (Wildman–Crippen LogP) is 13.3. The zero-order chi connectivity index (χ0) is 34.9. The van der Waals surface area contributed by atoms with Crippen LogP contribution >= 0.6 is 0 Å². The summed E-state index contributed by atoms with van der Waals surface area (Å²) in [6.07, 6.45) is 54.1. The van der Waals surface area contributed by atoms with Gasteiger partial charge in [-0.15, -0.1) is 0 Å². The Labute approximate surface area is 298 Å². The number of aliphatic hydroxyl groups is 1. The van der Waals surface area contributed by atoms with E-state index >= 15 is 0 Å². The summed E-state index contributed by atoms with van der Waals surface area (Å²) in [5.74, 6) is -0.207. The largest absolute Gasteiger partial charge is 0.457 e. The van der Waals surface area contributed by atoms with Crippen molar-refractivity contribution >= 4 is 5.97 Å². The SMILES string of the molecule is CC/C=C\C/C=C\C/C=C\C/C=C\C/C=C\CCCCCCCCOCC(CO)OC(=O)CCCCCCCCCCCCCCCC. The molecule has 0 bridgehead atoms. The quantitative estimate of drug-likeness (QED) is 0.0406. The fourth-order valence-electron chi connectivity index (χ4n) is 5.59. The van der Waals surface area contributed by atoms with Crippen LogP contribution in [0.5, 0.6) is 0 Å². The van der Waals surface area contributed by atoms with E-state index in [1.54, 1.807) is 0 Å². The molecule has 0 amide bonds. The highest BCUT2D eigenvalue weighted by Gasteiger charge is 2.13. The third-order valence-electron chi connectivity index (χ3n) is 8.61. The second-order valence-corrected chi connectivity index (χ2v) is 13.3. The fraction of sp³-hybridized carbons (Fsp3) is 0.750. The van der Waals surface area contributed by atoms with Crippen LogP contribution in [0.4, 0.5) is 0 Å². The van der Waals surface area contributed by atoms with Crippen molar-refractivity contribution < 1.29 is 19.4 Å². The molecule has 0 saturated carbocycles. The molecule has 0 fully saturated rings. The van der Waals surface area contributed by atoms with Crippen LogP contribution in [0.15, 0.2) is 60.8 Å². The van der Waals surface area contributed by atoms with E-state index < -0.39 is 6.10 Å². The van der Waals surface area contributed by atoms with Crippen LogP contribution in [0.2, 0.25) is 0 Å². The molecule has 0 aliphatic carbocycles. The summed E-state index contributed by atoms with van der Waals surface area (Å²) in [7, 11) is 0. The zero-order valence-corrected chi connectivity index (χ0v) is 31.7. The first kappa shape index (κ1) is 46.1. The Balaban J connectivity index is 3.49. The minimum atomic E-state index is -0.542. The summed E-state index contributed by atoms with van der Waals surface area (Å²) in [5.41, 5.74) is 0. The molecule has 0 aliphatic rings. The third kappa shape index (κ3) is 38.5. The van der Waals surface area contributed by atoms with Crippen molar-refractivity contribution in [3.63, 3.8) is 0 Å². The monoisotopic (exact) mass is 671 g/mol. The standard InChI is InChI=1S/C44H78O4/c1-3-5-7-9-11-13-15-17-19-20-21-22-23-24-25-26-28-30-32-34-36-38-40-47-42-43(41-45)48-44(46)39-37-35-33-31-29-27-18-16-14-12-10-8-6-4-2/h5,7,11,13,17,19,21-22,24-25,43,45H,3-4,6,8-10,12,14-16,18,20,23,26-42H2,1-2H3/b7-5-,13-11-,19-17-,22-21-,25-24-. The smallest absolute Gasteiger partial charge is 0.306 e. The molecule has 0 saturated heterocycles. The van der Waals surface area contributed by atoms with Crippen LogP contribution < -0.4 is 0 Å². The normalized spacial score (nSPS) is 13.0. The molecule has 0 aromatic heterocycles. The van der Waals surface area contributed by atoms with E-state index in [1.165, 1.54) is 103 Å². The molecule has 0 aliphatic heterocycles. The Morgan fingerprint density at radius 3 is 1.42 bits per heavy atom. The number of hydrogen-bond acceptors (Lipinski definition) is 4. The highest BCUT2D eigenvalue weighted by atomic mass is 16.6. The topological polar surface area (TPSA) is 55.8 Å². The Morgan fingerprint density at radius 1 is 0.521 bits per heavy atom. The number of carbonyl (C=O) groups excluding carboxylic acids is 1. The summed E-state index contributed by atoms with van der Waals surface area (Å²) >= 11 is 0. The predicted molar refractivity (Wildman–Crippen MR) is 209 cm³/mol. The maximum Gasteiger partial charge on any atom is 0.306 e. The first-order chi connectivity index (χ1) is 23.7. The van der Waals surface area contributed by atoms with E-state index in [-0.39, 0.29) is 19.2 Å². The maximum absolute atomic E-state index is 12.2. The summed E-state index contributed by atoms with van der Waals surface area (Å²) in [6.45, 7) is 5.20. The van der Waals surface area contributed by atoms with Gasteiger partial charge in [0.2, 0.25) is 0 Å². The summed E-state index contributed by atoms with van der Waals surface area (Å²) < 4.78 is 11.1. The van der Waals surface area contributed by atoms with E-state index in [0.717, 1.165) is 64.2 Å². The molecule has 0 rings (SSSR count). The molecule has 4 heteroatoms. The van der Waals surface area contributed by atoms with Gasteiger partial charge >= 0.3 is 5.97 Å². The number of ether oxygens (including phenoxy) is 2. The minimum Gasteiger partial charge on any atom is -0.457 e. The lowest BCUT2D eigenvalue weighted by Crippen LogP contribution is -2.27. The number of rotatable bonds is 37. The Morgan fingerprint density at radius 2 is 0.938 bits per heavy atom. The Bertz CT molecular complexity index is 794. The van der Waals surface area contributed by atoms with Gasteiger partial charge < -0.3 is 14.6 Å². The van der Waals surface area contributed by atoms with Crippen LogP contribution in [-0.4, -0.2) is 37.0 Å². The lowest BCUT2D eigenvalue weighted by Gasteiger charge is -2.15. The second kappa shape index (κ2) is 41.3. The second-order valence-electron chi connectivity index (χ2n) is 13.3. The third-order valence-corrected chi connectivity index (χ3v) is 8.61. The molecule has 1 atom stereocenters. The lowest BCUT2D eigenvalue weighted by molar-refractivity contribution is -0.154. The fourth-order valence-corrected chi connectivity index (χ4v) is 5.59. The number of aliphatic hydroxyl groups excluding tert-OH is 1. The van der Waals surface area contributed by atoms with Crippen LogP contribution in [0.1, 0.15) is 187 Å². The summed E-state index contributed by atoms with van der Waals surface area (Å²) in [6, 6.07) is 0. The molecule has 278 valence electrons.